The summed E-state index contributed by atoms with van der Waals surface area (Å²) in [6, 6.07) is 14.7. The fourth-order valence-electron chi connectivity index (χ4n) is 7.55. The molecule has 10 nitrogen and oxygen atoms in total. The number of carbonyl (C=O) groups is 2. The quantitative estimate of drug-likeness (QED) is 0.163. The Morgan fingerprint density at radius 1 is 0.638 bits per heavy atom. The van der Waals surface area contributed by atoms with Crippen LogP contribution in [0.5, 0.6) is 0 Å². The minimum Gasteiger partial charge on any atom is -0.336 e. The number of likely N-dealkylation sites (tertiary alicyclic amines) is 2. The number of alkyl halides is 6. The van der Waals surface area contributed by atoms with E-state index in [1.165, 1.54) is 18.2 Å². The number of fused-ring (bicyclic) bond motifs is 2. The van der Waals surface area contributed by atoms with Crippen molar-refractivity contribution >= 4 is 55.0 Å². The molecule has 0 unspecified atom stereocenters. The zero-order valence-electron chi connectivity index (χ0n) is 30.5. The highest BCUT2D eigenvalue weighted by atomic mass is 79.9. The van der Waals surface area contributed by atoms with Crippen LogP contribution in [0, 0.1) is 12.7 Å². The number of aryl methyl sites for hydroxylation is 1. The molecule has 6 heterocycles. The van der Waals surface area contributed by atoms with E-state index in [0.717, 1.165) is 26.6 Å². The second-order valence-electron chi connectivity index (χ2n) is 14.1. The molecule has 0 spiro atoms. The molecule has 2 aliphatic heterocycles. The maximum atomic E-state index is 13.9. The van der Waals surface area contributed by atoms with Crippen molar-refractivity contribution in [2.45, 2.75) is 56.8 Å². The lowest BCUT2D eigenvalue weighted by Crippen LogP contribution is -2.39. The Morgan fingerprint density at radius 3 is 1.59 bits per heavy atom. The van der Waals surface area contributed by atoms with Crippen molar-refractivity contribution in [3.05, 3.63) is 127 Å². The van der Waals surface area contributed by atoms with Crippen molar-refractivity contribution in [2.24, 2.45) is 0 Å². The predicted molar refractivity (Wildman–Crippen MR) is 205 cm³/mol. The molecule has 2 saturated heterocycles. The fourth-order valence-corrected chi connectivity index (χ4v) is 8.22. The first-order valence-electron chi connectivity index (χ1n) is 18.1. The molecule has 0 radical (unpaired) electrons. The van der Waals surface area contributed by atoms with Gasteiger partial charge in [0.2, 0.25) is 11.6 Å². The average Bonchev–Trinajstić information content (AvgIpc) is 3.80. The van der Waals surface area contributed by atoms with E-state index >= 15 is 0 Å². The maximum absolute atomic E-state index is 13.9. The number of carbonyl (C=O) groups excluding carboxylic acids is 2. The van der Waals surface area contributed by atoms with Gasteiger partial charge in [-0.15, -0.1) is 20.4 Å². The molecule has 4 aromatic heterocycles. The molecule has 0 atom stereocenters. The number of piperidine rings is 2. The van der Waals surface area contributed by atoms with E-state index < -0.39 is 35.2 Å². The highest BCUT2D eigenvalue weighted by molar-refractivity contribution is 9.10. The lowest BCUT2D eigenvalue weighted by molar-refractivity contribution is -0.141. The number of rotatable bonds is 4. The molecule has 19 heteroatoms. The van der Waals surface area contributed by atoms with Gasteiger partial charge < -0.3 is 9.80 Å². The van der Waals surface area contributed by atoms with Crippen LogP contribution in [0.4, 0.5) is 30.7 Å². The van der Waals surface area contributed by atoms with Crippen molar-refractivity contribution in [3.8, 4) is 0 Å². The van der Waals surface area contributed by atoms with E-state index in [1.807, 2.05) is 6.07 Å². The van der Waals surface area contributed by atoms with E-state index in [9.17, 15) is 40.3 Å². The fraction of sp³-hybridized carbons (Fsp3) is 0.333. The first kappa shape index (κ1) is 41.3. The molecule has 304 valence electrons. The van der Waals surface area contributed by atoms with Crippen LogP contribution in [0.15, 0.2) is 82.0 Å². The lowest BCUT2D eigenvalue weighted by atomic mass is 9.85. The van der Waals surface area contributed by atoms with Crippen molar-refractivity contribution < 1.29 is 40.3 Å². The molecule has 0 bridgehead atoms. The van der Waals surface area contributed by atoms with E-state index in [1.54, 1.807) is 62.2 Å². The minimum atomic E-state index is -4.76. The van der Waals surface area contributed by atoms with E-state index in [0.29, 0.717) is 55.6 Å². The summed E-state index contributed by atoms with van der Waals surface area (Å²) in [4.78, 5) is 29.0. The second kappa shape index (κ2) is 16.4. The minimum absolute atomic E-state index is 0.0542. The molecule has 0 aliphatic carbocycles. The van der Waals surface area contributed by atoms with Gasteiger partial charge in [-0.05, 0) is 124 Å². The summed E-state index contributed by atoms with van der Waals surface area (Å²) in [5, 5.41) is 15.9. The van der Waals surface area contributed by atoms with Crippen molar-refractivity contribution in [1.82, 2.24) is 39.0 Å². The van der Waals surface area contributed by atoms with Crippen LogP contribution in [0.25, 0.3) is 11.3 Å². The van der Waals surface area contributed by atoms with Crippen molar-refractivity contribution in [1.29, 1.82) is 0 Å². The Morgan fingerprint density at radius 2 is 1.12 bits per heavy atom. The van der Waals surface area contributed by atoms with Crippen LogP contribution in [0.2, 0.25) is 0 Å². The van der Waals surface area contributed by atoms with Gasteiger partial charge in [0, 0.05) is 47.5 Å². The smallest absolute Gasteiger partial charge is 0.336 e. The van der Waals surface area contributed by atoms with Crippen LogP contribution in [-0.4, -0.2) is 77.0 Å². The molecule has 0 saturated carbocycles. The molecular formula is C39H33Br2F7N8O2. The van der Waals surface area contributed by atoms with Gasteiger partial charge >= 0.3 is 12.4 Å². The maximum Gasteiger partial charge on any atom is 0.419 e. The van der Waals surface area contributed by atoms with Gasteiger partial charge in [0.15, 0.2) is 11.3 Å². The lowest BCUT2D eigenvalue weighted by Gasteiger charge is -2.33. The highest BCUT2D eigenvalue weighted by Gasteiger charge is 2.40. The number of amides is 2. The van der Waals surface area contributed by atoms with Gasteiger partial charge in [-0.25, -0.2) is 4.39 Å². The third-order valence-corrected chi connectivity index (χ3v) is 11.3. The standard InChI is InChI=1S/C20H18BrF3N4O.C19H15BrF4N4O/c1-12-2-4-16(20(22,23)24)15(10-12)13-6-8-27(9-7-13)19(29)18-26-25-17-5-3-14(21)11-28(17)18;20-12-4-5-15-25-26-17(28(15)10-12)18(29)27-8-6-11(7-9-27)13-2-1-3-14(21)16(13)19(22,23)24/h2-5,10-11,13H,6-9H2,1H3;1-5,10-11H,6-9H2. The number of hydrogen-bond donors (Lipinski definition) is 0. The van der Waals surface area contributed by atoms with Crippen LogP contribution < -0.4 is 0 Å². The molecule has 2 fully saturated rings. The normalized spacial score (nSPS) is 15.8. The molecular weight excluding hydrogens is 905 g/mol. The SMILES string of the molecule is Cc1ccc(C(F)(F)F)c(C2CCN(C(=O)c3nnc4ccc(Br)cn34)CC2)c1.O=C(c1nnc2ccc(Br)cn12)N1CCC(c2cccc(F)c2C(F)(F)F)CC1. The van der Waals surface area contributed by atoms with Crippen LogP contribution in [0.3, 0.4) is 0 Å². The zero-order chi connectivity index (χ0) is 41.5. The second-order valence-corrected chi connectivity index (χ2v) is 16.0. The Hall–Kier alpha value is -4.91. The first-order valence-corrected chi connectivity index (χ1v) is 19.7. The summed E-state index contributed by atoms with van der Waals surface area (Å²) in [5.74, 6) is -2.25. The largest absolute Gasteiger partial charge is 0.419 e. The summed E-state index contributed by atoms with van der Waals surface area (Å²) in [7, 11) is 0. The monoisotopic (exact) mass is 936 g/mol. The zero-order valence-corrected chi connectivity index (χ0v) is 33.7. The summed E-state index contributed by atoms with van der Waals surface area (Å²) in [6.45, 7) is 3.03. The average molecular weight is 939 g/mol. The number of pyridine rings is 2. The molecule has 0 N–H and O–H groups in total. The molecule has 6 aromatic rings. The Kier molecular flexibility index (Phi) is 11.7. The molecule has 8 rings (SSSR count). The van der Waals surface area contributed by atoms with Crippen molar-refractivity contribution in [3.63, 3.8) is 0 Å². The number of aromatic nitrogens is 6. The van der Waals surface area contributed by atoms with Gasteiger partial charge in [0.05, 0.1) is 11.1 Å². The Labute approximate surface area is 343 Å². The summed E-state index contributed by atoms with van der Waals surface area (Å²) in [6.07, 6.45) is -4.20. The highest BCUT2D eigenvalue weighted by Crippen LogP contribution is 2.41. The topological polar surface area (TPSA) is 101 Å². The summed E-state index contributed by atoms with van der Waals surface area (Å²) in [5.41, 5.74) is 0.344. The van der Waals surface area contributed by atoms with Gasteiger partial charge in [0.1, 0.15) is 5.82 Å². The number of benzene rings is 2. The van der Waals surface area contributed by atoms with E-state index in [2.05, 4.69) is 52.3 Å². The van der Waals surface area contributed by atoms with Gasteiger partial charge in [0.25, 0.3) is 11.8 Å². The third-order valence-electron chi connectivity index (χ3n) is 10.4. The van der Waals surface area contributed by atoms with E-state index in [4.69, 9.17) is 0 Å². The van der Waals surface area contributed by atoms with E-state index in [-0.39, 0.29) is 48.0 Å². The van der Waals surface area contributed by atoms with Crippen LogP contribution in [-0.2, 0) is 12.4 Å². The van der Waals surface area contributed by atoms with Gasteiger partial charge in [-0.1, -0.05) is 29.8 Å². The van der Waals surface area contributed by atoms with Crippen LogP contribution >= 0.6 is 31.9 Å². The molecule has 58 heavy (non-hydrogen) atoms. The molecule has 2 aliphatic rings. The van der Waals surface area contributed by atoms with Gasteiger partial charge in [-0.2, -0.15) is 26.3 Å². The Bertz CT molecular complexity index is 2380. The number of hydrogen-bond acceptors (Lipinski definition) is 6. The van der Waals surface area contributed by atoms with Crippen molar-refractivity contribution in [2.75, 3.05) is 26.2 Å². The van der Waals surface area contributed by atoms with Crippen LogP contribution in [0.1, 0.15) is 86.6 Å². The number of halogens is 9. The first-order chi connectivity index (χ1) is 27.5. The molecule has 2 amide bonds. The third kappa shape index (κ3) is 8.60. The molecule has 2 aromatic carbocycles. The summed E-state index contributed by atoms with van der Waals surface area (Å²) >= 11 is 6.70. The predicted octanol–water partition coefficient (Wildman–Crippen LogP) is 9.51. The van der Waals surface area contributed by atoms with Gasteiger partial charge in [-0.3, -0.25) is 18.4 Å². The number of nitrogens with zero attached hydrogens (tertiary/aromatic N) is 8. The summed E-state index contributed by atoms with van der Waals surface area (Å²) < 4.78 is 98.8. The Balaban J connectivity index is 0.000000177.